The molecular formula is C16H19N5. The lowest BCUT2D eigenvalue weighted by Gasteiger charge is -2.02. The van der Waals surface area contributed by atoms with Crippen molar-refractivity contribution >= 4 is 5.69 Å². The van der Waals surface area contributed by atoms with E-state index in [0.717, 1.165) is 25.3 Å². The number of anilines is 1. The first-order chi connectivity index (χ1) is 10.3. The minimum atomic E-state index is 0.761. The minimum Gasteiger partial charge on any atom is -0.378 e. The molecule has 0 saturated carbocycles. The van der Waals surface area contributed by atoms with Crippen LogP contribution in [0.5, 0.6) is 0 Å². The zero-order valence-electron chi connectivity index (χ0n) is 12.1. The second kappa shape index (κ2) is 6.26. The van der Waals surface area contributed by atoms with Gasteiger partial charge in [-0.25, -0.2) is 0 Å². The average Bonchev–Trinajstić information content (AvgIpc) is 3.15. The van der Waals surface area contributed by atoms with Crippen LogP contribution in [0.25, 0.3) is 0 Å². The summed E-state index contributed by atoms with van der Waals surface area (Å²) in [7, 11) is 0. The molecule has 21 heavy (non-hydrogen) atoms. The van der Waals surface area contributed by atoms with Gasteiger partial charge in [0.2, 0.25) is 0 Å². The van der Waals surface area contributed by atoms with Crippen LogP contribution in [-0.2, 0) is 19.6 Å². The fourth-order valence-corrected chi connectivity index (χ4v) is 2.19. The molecule has 0 amide bonds. The van der Waals surface area contributed by atoms with Crippen molar-refractivity contribution in [2.75, 3.05) is 5.32 Å². The topological polar surface area (TPSA) is 47.7 Å². The molecule has 2 aromatic heterocycles. The van der Waals surface area contributed by atoms with Crippen LogP contribution in [0.15, 0.2) is 55.1 Å². The lowest BCUT2D eigenvalue weighted by atomic mass is 10.2. The Balaban J connectivity index is 1.57. The van der Waals surface area contributed by atoms with Crippen LogP contribution >= 0.6 is 0 Å². The van der Waals surface area contributed by atoms with Crippen molar-refractivity contribution in [3.63, 3.8) is 0 Å². The van der Waals surface area contributed by atoms with E-state index in [0.29, 0.717) is 0 Å². The van der Waals surface area contributed by atoms with Gasteiger partial charge in [0.05, 0.1) is 24.6 Å². The van der Waals surface area contributed by atoms with E-state index in [4.69, 9.17) is 0 Å². The summed E-state index contributed by atoms with van der Waals surface area (Å²) in [6, 6.07) is 10.3. The molecule has 0 aliphatic carbocycles. The van der Waals surface area contributed by atoms with Crippen molar-refractivity contribution < 1.29 is 0 Å². The first-order valence-corrected chi connectivity index (χ1v) is 7.15. The Morgan fingerprint density at radius 3 is 2.52 bits per heavy atom. The van der Waals surface area contributed by atoms with E-state index < -0.39 is 0 Å². The van der Waals surface area contributed by atoms with Crippen LogP contribution in [0.3, 0.4) is 0 Å². The Labute approximate surface area is 124 Å². The first-order valence-electron chi connectivity index (χ1n) is 7.15. The molecule has 1 N–H and O–H groups in total. The predicted molar refractivity (Wildman–Crippen MR) is 83.0 cm³/mol. The monoisotopic (exact) mass is 281 g/mol. The molecule has 1 aromatic carbocycles. The van der Waals surface area contributed by atoms with Gasteiger partial charge in [0.25, 0.3) is 0 Å². The third-order valence-electron chi connectivity index (χ3n) is 3.33. The molecule has 0 unspecified atom stereocenters. The minimum absolute atomic E-state index is 0.761. The molecule has 5 heteroatoms. The Kier molecular flexibility index (Phi) is 4.00. The molecule has 0 saturated heterocycles. The predicted octanol–water partition coefficient (Wildman–Crippen LogP) is 2.76. The number of nitrogens with zero attached hydrogens (tertiary/aromatic N) is 4. The van der Waals surface area contributed by atoms with Crippen LogP contribution in [-0.4, -0.2) is 19.6 Å². The van der Waals surface area contributed by atoms with Gasteiger partial charge in [-0.15, -0.1) is 0 Å². The number of aryl methyl sites for hydroxylation is 1. The smallest absolute Gasteiger partial charge is 0.0729 e. The van der Waals surface area contributed by atoms with Crippen LogP contribution < -0.4 is 5.32 Å². The maximum absolute atomic E-state index is 4.38. The molecule has 108 valence electrons. The van der Waals surface area contributed by atoms with Crippen molar-refractivity contribution in [1.29, 1.82) is 0 Å². The molecule has 0 aliphatic rings. The molecule has 0 spiro atoms. The Bertz CT molecular complexity index is 684. The number of hydrogen-bond donors (Lipinski definition) is 1. The summed E-state index contributed by atoms with van der Waals surface area (Å²) in [6.45, 7) is 4.53. The highest BCUT2D eigenvalue weighted by atomic mass is 15.3. The van der Waals surface area contributed by atoms with Gasteiger partial charge >= 0.3 is 0 Å². The quantitative estimate of drug-likeness (QED) is 0.756. The molecule has 0 fully saturated rings. The van der Waals surface area contributed by atoms with Gasteiger partial charge in [0.15, 0.2) is 0 Å². The molecule has 0 aliphatic heterocycles. The highest BCUT2D eigenvalue weighted by molar-refractivity contribution is 5.39. The van der Waals surface area contributed by atoms with Gasteiger partial charge < -0.3 is 5.32 Å². The Hall–Kier alpha value is -2.56. The largest absolute Gasteiger partial charge is 0.378 e. The van der Waals surface area contributed by atoms with E-state index in [9.17, 15) is 0 Å². The van der Waals surface area contributed by atoms with Gasteiger partial charge in [-0.3, -0.25) is 9.36 Å². The van der Waals surface area contributed by atoms with Gasteiger partial charge in [-0.2, -0.15) is 10.2 Å². The molecular weight excluding hydrogens is 262 g/mol. The fourth-order valence-electron chi connectivity index (χ4n) is 2.19. The second-order valence-corrected chi connectivity index (χ2v) is 4.97. The van der Waals surface area contributed by atoms with E-state index in [2.05, 4.69) is 40.8 Å². The summed E-state index contributed by atoms with van der Waals surface area (Å²) in [5.41, 5.74) is 3.44. The lowest BCUT2D eigenvalue weighted by Crippen LogP contribution is -2.00. The van der Waals surface area contributed by atoms with E-state index in [1.165, 1.54) is 11.1 Å². The van der Waals surface area contributed by atoms with E-state index in [1.54, 1.807) is 0 Å². The van der Waals surface area contributed by atoms with Crippen molar-refractivity contribution in [3.05, 3.63) is 66.2 Å². The normalized spacial score (nSPS) is 10.7. The average molecular weight is 281 g/mol. The van der Waals surface area contributed by atoms with E-state index in [-0.39, 0.29) is 0 Å². The molecule has 0 atom stereocenters. The zero-order valence-corrected chi connectivity index (χ0v) is 12.1. The molecule has 2 heterocycles. The SMILES string of the molecule is CCn1cc(CNc2cnn(Cc3ccccc3)c2)cn1. The zero-order chi connectivity index (χ0) is 14.5. The summed E-state index contributed by atoms with van der Waals surface area (Å²) in [5, 5.41) is 12.0. The molecule has 0 bridgehead atoms. The Morgan fingerprint density at radius 1 is 0.952 bits per heavy atom. The van der Waals surface area contributed by atoms with Crippen LogP contribution in [0.1, 0.15) is 18.1 Å². The number of hydrogen-bond acceptors (Lipinski definition) is 3. The number of rotatable bonds is 6. The molecule has 0 radical (unpaired) electrons. The van der Waals surface area contributed by atoms with Gasteiger partial charge in [0.1, 0.15) is 0 Å². The van der Waals surface area contributed by atoms with Gasteiger partial charge in [0, 0.05) is 31.0 Å². The third kappa shape index (κ3) is 3.51. The molecule has 3 aromatic rings. The fraction of sp³-hybridized carbons (Fsp3) is 0.250. The highest BCUT2D eigenvalue weighted by Gasteiger charge is 2.01. The maximum atomic E-state index is 4.38. The van der Waals surface area contributed by atoms with E-state index >= 15 is 0 Å². The highest BCUT2D eigenvalue weighted by Crippen LogP contribution is 2.09. The Morgan fingerprint density at radius 2 is 1.76 bits per heavy atom. The van der Waals surface area contributed by atoms with Gasteiger partial charge in [-0.05, 0) is 12.5 Å². The first kappa shape index (κ1) is 13.4. The third-order valence-corrected chi connectivity index (χ3v) is 3.33. The van der Waals surface area contributed by atoms with Crippen molar-refractivity contribution in [3.8, 4) is 0 Å². The van der Waals surface area contributed by atoms with Crippen LogP contribution in [0.4, 0.5) is 5.69 Å². The number of nitrogens with one attached hydrogen (secondary N) is 1. The second-order valence-electron chi connectivity index (χ2n) is 4.97. The maximum Gasteiger partial charge on any atom is 0.0729 e. The standard InChI is InChI=1S/C16H19N5/c1-2-20-12-15(9-18-20)8-17-16-10-19-21(13-16)11-14-6-4-3-5-7-14/h3-7,9-10,12-13,17H,2,8,11H2,1H3. The van der Waals surface area contributed by atoms with Crippen LogP contribution in [0.2, 0.25) is 0 Å². The van der Waals surface area contributed by atoms with E-state index in [1.807, 2.05) is 46.2 Å². The van der Waals surface area contributed by atoms with Crippen molar-refractivity contribution in [2.24, 2.45) is 0 Å². The summed E-state index contributed by atoms with van der Waals surface area (Å²) < 4.78 is 3.86. The summed E-state index contributed by atoms with van der Waals surface area (Å²) in [4.78, 5) is 0. The summed E-state index contributed by atoms with van der Waals surface area (Å²) in [5.74, 6) is 0. The summed E-state index contributed by atoms with van der Waals surface area (Å²) >= 11 is 0. The molecule has 5 nitrogen and oxygen atoms in total. The van der Waals surface area contributed by atoms with Crippen molar-refractivity contribution in [1.82, 2.24) is 19.6 Å². The van der Waals surface area contributed by atoms with Gasteiger partial charge in [-0.1, -0.05) is 30.3 Å². The number of aromatic nitrogens is 4. The summed E-state index contributed by atoms with van der Waals surface area (Å²) in [6.07, 6.45) is 7.83. The molecule has 3 rings (SSSR count). The lowest BCUT2D eigenvalue weighted by molar-refractivity contribution is 0.659. The van der Waals surface area contributed by atoms with Crippen molar-refractivity contribution in [2.45, 2.75) is 26.6 Å². The number of benzene rings is 1. The van der Waals surface area contributed by atoms with Crippen LogP contribution in [0, 0.1) is 0 Å².